The summed E-state index contributed by atoms with van der Waals surface area (Å²) in [5.41, 5.74) is 0. The van der Waals surface area contributed by atoms with Gasteiger partial charge in [0.2, 0.25) is 59.1 Å². The van der Waals surface area contributed by atoms with Crippen LogP contribution in [-0.2, 0) is 57.5 Å². The Morgan fingerprint density at radius 2 is 1.12 bits per heavy atom. The highest BCUT2D eigenvalue weighted by Gasteiger charge is 2.46. The van der Waals surface area contributed by atoms with Gasteiger partial charge in [0.25, 0.3) is 0 Å². The number of nitrogens with zero attached hydrogens (tertiary/aromatic N) is 8. The third kappa shape index (κ3) is 27.5. The molecule has 1 saturated heterocycles. The van der Waals surface area contributed by atoms with Crippen molar-refractivity contribution in [3.8, 4) is 0 Å². The summed E-state index contributed by atoms with van der Waals surface area (Å²) in [6.07, 6.45) is 4.52. The Kier molecular flexibility index (Phi) is 38.3. The van der Waals surface area contributed by atoms with E-state index in [0.29, 0.717) is 18.7 Å². The van der Waals surface area contributed by atoms with Crippen LogP contribution in [0.2, 0.25) is 0 Å². The number of carbonyl (C=O) groups is 12. The molecule has 1 aromatic rings. The number of pyridine rings is 1. The van der Waals surface area contributed by atoms with E-state index in [1.165, 1.54) is 103 Å². The quantitative estimate of drug-likeness (QED) is 0.0480. The lowest BCUT2D eigenvalue weighted by Gasteiger charge is -2.41. The van der Waals surface area contributed by atoms with Gasteiger partial charge < -0.3 is 55.4 Å². The molecule has 1 aromatic heterocycles. The first-order chi connectivity index (χ1) is 46.1. The van der Waals surface area contributed by atoms with E-state index in [2.05, 4.69) is 20.9 Å². The average molecular weight is 1430 g/mol. The number of aliphatic hydroxyl groups is 1. The maximum absolute atomic E-state index is 15.4. The Balaban J connectivity index is 2.87. The molecule has 0 aliphatic carbocycles. The molecule has 12 atom stereocenters. The molecule has 0 saturated carbocycles. The van der Waals surface area contributed by atoms with E-state index in [0.717, 1.165) is 9.93 Å². The molecule has 2 rings (SSSR count). The zero-order chi connectivity index (χ0) is 75.6. The van der Waals surface area contributed by atoms with Crippen molar-refractivity contribution in [3.63, 3.8) is 0 Å². The first-order valence-electron chi connectivity index (χ1n) is 35.4. The zero-order valence-corrected chi connectivity index (χ0v) is 65.4. The van der Waals surface area contributed by atoms with Crippen LogP contribution in [0.25, 0.3) is 0 Å². The first kappa shape index (κ1) is 88.7. The summed E-state index contributed by atoms with van der Waals surface area (Å²) >= 11 is 0. The fourth-order valence-corrected chi connectivity index (χ4v) is 14.1. The average Bonchev–Trinajstić information content (AvgIpc) is 0.804. The molecule has 1 aliphatic rings. The second kappa shape index (κ2) is 42.8. The third-order valence-electron chi connectivity index (χ3n) is 18.4. The van der Waals surface area contributed by atoms with Gasteiger partial charge in [0.1, 0.15) is 47.3 Å². The van der Waals surface area contributed by atoms with Crippen LogP contribution in [0.4, 0.5) is 0 Å². The molecule has 0 radical (unpaired) electrons. The Morgan fingerprint density at radius 1 is 0.596 bits per heavy atom. The monoisotopic (exact) mass is 1430 g/mol. The standard InChI is InChI=1S/C73H123N11O13S2/c1-24-52-41-58(86)64(65(89)49(14)30-26-25-27-31-59(87)74-34-35-98-99-60-32-28-29-33-75-60)84(23)73(97)63(48(12)13)83(22)71(95)56(39-46(8)9)82(21)70(94)55(38-45(6)7)81(20)68(92)51(16)76-66(90)50(15)40-57(85)53(36-43(2)3)80(19)72(96)62(47(10)11)77-67(91)54(37-44(4)5)79(18)61(88)42-78(17)69(52)93/h25-26,28-29,32-33,43-56,62-65,89H,24,27,30-31,34-42H2,1-23H3,(H,74,87)(H,76,90)(H,77,91)/b26-25+/t49-,50-,51-,52-,53+,54+,55+,56+,62+,63+,64-,65-/m1/s1. The van der Waals surface area contributed by atoms with Crippen molar-refractivity contribution in [1.82, 2.24) is 55.2 Å². The van der Waals surface area contributed by atoms with E-state index >= 15 is 19.2 Å². The molecular formula is C73H123N11O13S2. The van der Waals surface area contributed by atoms with E-state index in [1.807, 2.05) is 79.7 Å². The first-order valence-corrected chi connectivity index (χ1v) is 37.7. The lowest BCUT2D eigenvalue weighted by atomic mass is 9.86. The fraction of sp³-hybridized carbons (Fsp3) is 0.740. The van der Waals surface area contributed by atoms with Gasteiger partial charge in [-0.1, -0.05) is 133 Å². The van der Waals surface area contributed by atoms with Crippen LogP contribution < -0.4 is 16.0 Å². The molecule has 10 amide bonds. The maximum Gasteiger partial charge on any atom is 0.246 e. The van der Waals surface area contributed by atoms with E-state index in [9.17, 15) is 43.5 Å². The molecule has 1 aliphatic heterocycles. The maximum atomic E-state index is 15.4. The summed E-state index contributed by atoms with van der Waals surface area (Å²) < 4.78 is 0. The van der Waals surface area contributed by atoms with E-state index in [4.69, 9.17) is 0 Å². The number of amides is 10. The lowest BCUT2D eigenvalue weighted by molar-refractivity contribution is -0.157. The Morgan fingerprint density at radius 3 is 1.65 bits per heavy atom. The van der Waals surface area contributed by atoms with Crippen molar-refractivity contribution in [2.75, 3.05) is 68.2 Å². The number of aliphatic hydroxyl groups excluding tert-OH is 1. The van der Waals surface area contributed by atoms with Gasteiger partial charge in [-0.3, -0.25) is 57.5 Å². The molecule has 1 fully saturated rings. The van der Waals surface area contributed by atoms with E-state index in [1.54, 1.807) is 64.6 Å². The number of likely N-dealkylation sites (N-methyl/N-ethyl adjacent to an activating group) is 7. The molecule has 0 bridgehead atoms. The minimum atomic E-state index is -1.59. The second-order valence-corrected chi connectivity index (χ2v) is 32.0. The second-order valence-electron chi connectivity index (χ2n) is 29.6. The Hall–Kier alpha value is -6.41. The SMILES string of the molecule is CC[C@@H]1CC(=O)[C@H]([C@H](O)[C@H](C)C/C=C/CCC(=O)NCCSSc2ccccn2)N(C)C(=O)[C@H](C(C)C)N(C)C(=O)[C@H](CC(C)C)N(C)C(=O)[C@H](CC(C)C)N(C)C(=O)[C@@H](C)NC(=O)[C@H](C)CC(=O)[C@H](CC(C)C)N(C)C(=O)[C@H](C(C)C)NC(=O)[C@H](CC(C)C)N(C)C(=O)CN(C)C1=O. The number of carbonyl (C=O) groups excluding carboxylic acids is 12. The topological polar surface area (TPSA) is 297 Å². The number of ketones is 2. The van der Waals surface area contributed by atoms with Crippen molar-refractivity contribution in [1.29, 1.82) is 0 Å². The normalized spacial score (nSPS) is 24.8. The number of aromatic nitrogens is 1. The van der Waals surface area contributed by atoms with Crippen LogP contribution in [0.1, 0.15) is 175 Å². The van der Waals surface area contributed by atoms with Crippen molar-refractivity contribution >= 4 is 92.2 Å². The summed E-state index contributed by atoms with van der Waals surface area (Å²) in [6.45, 7) is 28.3. The Labute approximate surface area is 599 Å². The fourth-order valence-electron chi connectivity index (χ4n) is 12.3. The molecule has 99 heavy (non-hydrogen) atoms. The largest absolute Gasteiger partial charge is 0.390 e. The van der Waals surface area contributed by atoms with Gasteiger partial charge in [0, 0.05) is 98.9 Å². The molecule has 0 spiro atoms. The highest BCUT2D eigenvalue weighted by Crippen LogP contribution is 2.30. The van der Waals surface area contributed by atoms with Gasteiger partial charge >= 0.3 is 0 Å². The van der Waals surface area contributed by atoms with Crippen LogP contribution >= 0.6 is 21.6 Å². The molecule has 0 aromatic carbocycles. The minimum absolute atomic E-state index is 0.0969. The van der Waals surface area contributed by atoms with Gasteiger partial charge in [-0.05, 0) is 116 Å². The number of rotatable bonds is 23. The minimum Gasteiger partial charge on any atom is -0.390 e. The van der Waals surface area contributed by atoms with E-state index < -0.39 is 162 Å². The number of hydrogen-bond acceptors (Lipinski definition) is 16. The van der Waals surface area contributed by atoms with Crippen molar-refractivity contribution in [2.45, 2.75) is 234 Å². The predicted molar refractivity (Wildman–Crippen MR) is 390 cm³/mol. The van der Waals surface area contributed by atoms with Crippen LogP contribution in [0.3, 0.4) is 0 Å². The van der Waals surface area contributed by atoms with Crippen molar-refractivity contribution in [2.24, 2.45) is 53.3 Å². The Bertz CT molecular complexity index is 2880. The highest BCUT2D eigenvalue weighted by molar-refractivity contribution is 8.76. The predicted octanol–water partition coefficient (Wildman–Crippen LogP) is 7.16. The van der Waals surface area contributed by atoms with Gasteiger partial charge in [-0.15, -0.1) is 0 Å². The molecule has 2 heterocycles. The zero-order valence-electron chi connectivity index (χ0n) is 63.8. The summed E-state index contributed by atoms with van der Waals surface area (Å²) in [7, 11) is 13.2. The lowest BCUT2D eigenvalue weighted by Crippen LogP contribution is -2.61. The number of nitrogens with one attached hydrogen (secondary N) is 3. The van der Waals surface area contributed by atoms with Gasteiger partial charge in [-0.2, -0.15) is 0 Å². The van der Waals surface area contributed by atoms with Crippen LogP contribution in [0, 0.1) is 53.3 Å². The van der Waals surface area contributed by atoms with E-state index in [-0.39, 0.29) is 80.9 Å². The summed E-state index contributed by atoms with van der Waals surface area (Å²) in [5.74, 6) is -10.6. The molecular weight excluding hydrogens is 1300 g/mol. The van der Waals surface area contributed by atoms with Crippen LogP contribution in [0.15, 0.2) is 41.6 Å². The third-order valence-corrected chi connectivity index (χ3v) is 20.7. The summed E-state index contributed by atoms with van der Waals surface area (Å²) in [6, 6.07) is -4.07. The molecule has 26 heteroatoms. The summed E-state index contributed by atoms with van der Waals surface area (Å²) in [5, 5.41) is 21.9. The highest BCUT2D eigenvalue weighted by atomic mass is 33.1. The van der Waals surface area contributed by atoms with Crippen LogP contribution in [0.5, 0.6) is 0 Å². The number of hydrogen-bond donors (Lipinski definition) is 4. The van der Waals surface area contributed by atoms with Gasteiger partial charge in [-0.25, -0.2) is 4.98 Å². The van der Waals surface area contributed by atoms with Gasteiger partial charge in [0.15, 0.2) is 11.6 Å². The molecule has 24 nitrogen and oxygen atoms in total. The van der Waals surface area contributed by atoms with Crippen LogP contribution in [-0.4, -0.2) is 238 Å². The molecule has 560 valence electrons. The number of Topliss-reactive ketones (excluding diaryl/α,β-unsaturated/α-hetero) is 2. The van der Waals surface area contributed by atoms with Gasteiger partial charge in [0.05, 0.1) is 18.7 Å². The van der Waals surface area contributed by atoms with Crippen molar-refractivity contribution in [3.05, 3.63) is 36.5 Å². The molecule has 0 unspecified atom stereocenters. The molecule has 4 N–H and O–H groups in total. The summed E-state index contributed by atoms with van der Waals surface area (Å²) in [4.78, 5) is 188. The smallest absolute Gasteiger partial charge is 0.246 e. The van der Waals surface area contributed by atoms with Crippen molar-refractivity contribution < 1.29 is 62.6 Å². The number of allylic oxidation sites excluding steroid dienone is 2.